The van der Waals surface area contributed by atoms with E-state index in [1.165, 1.54) is 6.08 Å². The molecule has 0 amide bonds. The molecule has 0 unspecified atom stereocenters. The minimum Gasteiger partial charge on any atom is -0.429 e. The number of fused-ring (bicyclic) bond motifs is 1. The van der Waals surface area contributed by atoms with Crippen LogP contribution in [0.2, 0.25) is 0 Å². The standard InChI is InChI=1S/C16H11NO2S/c18-14(12-6-2-1-3-7-12)10-11-17-13-8-4-5-9-15(13)19-16(17)20/h1-11H/b11-10+. The van der Waals surface area contributed by atoms with E-state index >= 15 is 0 Å². The molecule has 0 aliphatic carbocycles. The topological polar surface area (TPSA) is 35.1 Å². The second-order valence-corrected chi connectivity index (χ2v) is 4.60. The number of nitrogens with zero attached hydrogens (tertiary/aromatic N) is 1. The summed E-state index contributed by atoms with van der Waals surface area (Å²) >= 11 is 5.16. The fraction of sp³-hybridized carbons (Fsp3) is 0. The molecule has 20 heavy (non-hydrogen) atoms. The molecule has 0 atom stereocenters. The van der Waals surface area contributed by atoms with Crippen molar-refractivity contribution in [2.45, 2.75) is 0 Å². The van der Waals surface area contributed by atoms with Crippen molar-refractivity contribution in [3.05, 3.63) is 71.1 Å². The first-order valence-corrected chi connectivity index (χ1v) is 6.54. The summed E-state index contributed by atoms with van der Waals surface area (Å²) in [7, 11) is 0. The minimum atomic E-state index is -0.0715. The van der Waals surface area contributed by atoms with Crippen LogP contribution in [0.4, 0.5) is 0 Å². The molecule has 0 aliphatic rings. The molecule has 0 radical (unpaired) electrons. The van der Waals surface area contributed by atoms with Gasteiger partial charge in [-0.15, -0.1) is 0 Å². The molecule has 3 aromatic rings. The molecule has 1 aromatic heterocycles. The zero-order valence-electron chi connectivity index (χ0n) is 10.5. The molecule has 3 rings (SSSR count). The first kappa shape index (κ1) is 12.6. The second-order valence-electron chi connectivity index (χ2n) is 4.25. The number of carbonyl (C=O) groups excluding carboxylic acids is 1. The molecule has 0 spiro atoms. The maximum atomic E-state index is 12.0. The quantitative estimate of drug-likeness (QED) is 0.407. The summed E-state index contributed by atoms with van der Waals surface area (Å²) in [5.41, 5.74) is 2.19. The van der Waals surface area contributed by atoms with Crippen molar-refractivity contribution in [3.8, 4) is 0 Å². The SMILES string of the molecule is O=C(/C=C/n1c(=S)oc2ccccc21)c1ccccc1. The number of ketones is 1. The van der Waals surface area contributed by atoms with Gasteiger partial charge in [0.15, 0.2) is 11.4 Å². The Morgan fingerprint density at radius 1 is 1.05 bits per heavy atom. The van der Waals surface area contributed by atoms with Crippen LogP contribution in [-0.2, 0) is 0 Å². The van der Waals surface area contributed by atoms with Crippen molar-refractivity contribution in [3.63, 3.8) is 0 Å². The van der Waals surface area contributed by atoms with Gasteiger partial charge in [-0.3, -0.25) is 9.36 Å². The third-order valence-corrected chi connectivity index (χ3v) is 3.23. The molecule has 0 fully saturated rings. The molecule has 3 nitrogen and oxygen atoms in total. The summed E-state index contributed by atoms with van der Waals surface area (Å²) in [6, 6.07) is 16.6. The molecular formula is C16H11NO2S. The van der Waals surface area contributed by atoms with E-state index in [2.05, 4.69) is 0 Å². The average molecular weight is 281 g/mol. The number of rotatable bonds is 3. The van der Waals surface area contributed by atoms with Gasteiger partial charge in [0.25, 0.3) is 4.84 Å². The summed E-state index contributed by atoms with van der Waals surface area (Å²) in [6.07, 6.45) is 3.14. The van der Waals surface area contributed by atoms with Crippen molar-refractivity contribution in [1.29, 1.82) is 0 Å². The highest BCUT2D eigenvalue weighted by Gasteiger charge is 2.04. The molecule has 0 bridgehead atoms. The van der Waals surface area contributed by atoms with Crippen LogP contribution in [-0.4, -0.2) is 10.4 Å². The summed E-state index contributed by atoms with van der Waals surface area (Å²) < 4.78 is 7.14. The monoisotopic (exact) mass is 281 g/mol. The van der Waals surface area contributed by atoms with Crippen LogP contribution in [0.3, 0.4) is 0 Å². The normalized spacial score (nSPS) is 11.2. The van der Waals surface area contributed by atoms with E-state index in [4.69, 9.17) is 16.6 Å². The van der Waals surface area contributed by atoms with Gasteiger partial charge in [0, 0.05) is 17.8 Å². The number of hydrogen-bond donors (Lipinski definition) is 0. The van der Waals surface area contributed by atoms with Gasteiger partial charge in [-0.2, -0.15) is 0 Å². The van der Waals surface area contributed by atoms with Crippen molar-refractivity contribution < 1.29 is 9.21 Å². The van der Waals surface area contributed by atoms with E-state index in [0.29, 0.717) is 16.0 Å². The third kappa shape index (κ3) is 2.33. The number of benzene rings is 2. The second kappa shape index (κ2) is 5.27. The maximum Gasteiger partial charge on any atom is 0.273 e. The predicted octanol–water partition coefficient (Wildman–Crippen LogP) is 4.32. The van der Waals surface area contributed by atoms with E-state index in [1.807, 2.05) is 42.5 Å². The van der Waals surface area contributed by atoms with Crippen molar-refractivity contribution in [2.24, 2.45) is 0 Å². The number of para-hydroxylation sites is 2. The number of aromatic nitrogens is 1. The third-order valence-electron chi connectivity index (χ3n) is 2.95. The van der Waals surface area contributed by atoms with Crippen LogP contribution < -0.4 is 0 Å². The molecule has 2 aromatic carbocycles. The highest BCUT2D eigenvalue weighted by molar-refractivity contribution is 7.71. The molecule has 0 saturated carbocycles. The lowest BCUT2D eigenvalue weighted by atomic mass is 10.1. The van der Waals surface area contributed by atoms with Crippen molar-refractivity contribution in [2.75, 3.05) is 0 Å². The smallest absolute Gasteiger partial charge is 0.273 e. The number of oxazole rings is 1. The van der Waals surface area contributed by atoms with Crippen LogP contribution >= 0.6 is 12.2 Å². The van der Waals surface area contributed by atoms with Gasteiger partial charge in [0.05, 0.1) is 5.52 Å². The molecule has 4 heteroatoms. The maximum absolute atomic E-state index is 12.0. The largest absolute Gasteiger partial charge is 0.429 e. The minimum absolute atomic E-state index is 0.0715. The molecule has 0 saturated heterocycles. The van der Waals surface area contributed by atoms with Crippen LogP contribution in [0, 0.1) is 4.84 Å². The Kier molecular flexibility index (Phi) is 3.31. The van der Waals surface area contributed by atoms with Gasteiger partial charge in [0.1, 0.15) is 0 Å². The van der Waals surface area contributed by atoms with E-state index in [0.717, 1.165) is 5.52 Å². The Morgan fingerprint density at radius 2 is 1.75 bits per heavy atom. The molecule has 0 N–H and O–H groups in total. The van der Waals surface area contributed by atoms with Gasteiger partial charge in [-0.05, 0) is 24.4 Å². The van der Waals surface area contributed by atoms with Gasteiger partial charge in [0.2, 0.25) is 0 Å². The Bertz CT molecular complexity index is 844. The Labute approximate surface area is 120 Å². The van der Waals surface area contributed by atoms with E-state index in [1.54, 1.807) is 22.9 Å². The highest BCUT2D eigenvalue weighted by Crippen LogP contribution is 2.17. The number of carbonyl (C=O) groups is 1. The Morgan fingerprint density at radius 3 is 2.55 bits per heavy atom. The molecule has 98 valence electrons. The summed E-state index contributed by atoms with van der Waals surface area (Å²) in [5.74, 6) is -0.0715. The Balaban J connectivity index is 1.97. The van der Waals surface area contributed by atoms with Gasteiger partial charge in [-0.1, -0.05) is 42.5 Å². The average Bonchev–Trinajstić information content (AvgIpc) is 2.81. The van der Waals surface area contributed by atoms with E-state index < -0.39 is 0 Å². The van der Waals surface area contributed by atoms with Crippen LogP contribution in [0.1, 0.15) is 10.4 Å². The highest BCUT2D eigenvalue weighted by atomic mass is 32.1. The lowest BCUT2D eigenvalue weighted by molar-refractivity contribution is 0.104. The predicted molar refractivity (Wildman–Crippen MR) is 81.1 cm³/mol. The van der Waals surface area contributed by atoms with Gasteiger partial charge in [-0.25, -0.2) is 0 Å². The zero-order chi connectivity index (χ0) is 13.9. The molecular weight excluding hydrogens is 270 g/mol. The number of hydrogen-bond acceptors (Lipinski definition) is 3. The van der Waals surface area contributed by atoms with Crippen molar-refractivity contribution >= 4 is 35.3 Å². The molecule has 1 heterocycles. The first-order valence-electron chi connectivity index (χ1n) is 6.13. The summed E-state index contributed by atoms with van der Waals surface area (Å²) in [4.78, 5) is 12.3. The van der Waals surface area contributed by atoms with Crippen LogP contribution in [0.15, 0.2) is 65.1 Å². The van der Waals surface area contributed by atoms with E-state index in [9.17, 15) is 4.79 Å². The fourth-order valence-electron chi connectivity index (χ4n) is 1.97. The Hall–Kier alpha value is -2.46. The zero-order valence-corrected chi connectivity index (χ0v) is 11.3. The summed E-state index contributed by atoms with van der Waals surface area (Å²) in [6.45, 7) is 0. The van der Waals surface area contributed by atoms with Crippen LogP contribution in [0.25, 0.3) is 17.3 Å². The summed E-state index contributed by atoms with van der Waals surface area (Å²) in [5, 5.41) is 0. The molecule has 0 aliphatic heterocycles. The fourth-order valence-corrected chi connectivity index (χ4v) is 2.22. The lowest BCUT2D eigenvalue weighted by Crippen LogP contribution is -1.94. The van der Waals surface area contributed by atoms with E-state index in [-0.39, 0.29) is 5.78 Å². The van der Waals surface area contributed by atoms with Crippen molar-refractivity contribution in [1.82, 2.24) is 4.57 Å². The van der Waals surface area contributed by atoms with Crippen LogP contribution in [0.5, 0.6) is 0 Å². The first-order chi connectivity index (χ1) is 9.75. The van der Waals surface area contributed by atoms with Gasteiger partial charge >= 0.3 is 0 Å². The van der Waals surface area contributed by atoms with Gasteiger partial charge < -0.3 is 4.42 Å². The lowest BCUT2D eigenvalue weighted by Gasteiger charge is -1.96. The number of allylic oxidation sites excluding steroid dienone is 1.